The van der Waals surface area contributed by atoms with Gasteiger partial charge in [-0.25, -0.2) is 0 Å². The van der Waals surface area contributed by atoms with E-state index < -0.39 is 0 Å². The van der Waals surface area contributed by atoms with Crippen LogP contribution in [0.5, 0.6) is 0 Å². The van der Waals surface area contributed by atoms with Crippen LogP contribution in [0.1, 0.15) is 17.0 Å². The molecule has 0 saturated heterocycles. The van der Waals surface area contributed by atoms with Crippen LogP contribution >= 0.6 is 23.2 Å². The first-order chi connectivity index (χ1) is 10.0. The van der Waals surface area contributed by atoms with Gasteiger partial charge in [0.05, 0.1) is 0 Å². The Morgan fingerprint density at radius 3 is 2.24 bits per heavy atom. The lowest BCUT2D eigenvalue weighted by Crippen LogP contribution is -2.15. The Labute approximate surface area is 136 Å². The minimum atomic E-state index is 0.194. The Morgan fingerprint density at radius 1 is 1.05 bits per heavy atom. The summed E-state index contributed by atoms with van der Waals surface area (Å²) < 4.78 is 0. The van der Waals surface area contributed by atoms with Crippen molar-refractivity contribution in [3.05, 3.63) is 63.6 Å². The highest BCUT2D eigenvalue weighted by Gasteiger charge is 2.14. The maximum absolute atomic E-state index is 6.29. The Bertz CT molecular complexity index is 594. The Morgan fingerprint density at radius 2 is 1.71 bits per heavy atom. The number of halogens is 2. The molecule has 0 saturated carbocycles. The fourth-order valence-corrected chi connectivity index (χ4v) is 2.93. The molecule has 2 rings (SSSR count). The Hall–Kier alpha value is -1.22. The van der Waals surface area contributed by atoms with Gasteiger partial charge in [0.25, 0.3) is 0 Å². The van der Waals surface area contributed by atoms with Crippen LogP contribution in [0.2, 0.25) is 10.0 Å². The summed E-state index contributed by atoms with van der Waals surface area (Å²) in [5.74, 6) is 0.194. The van der Waals surface area contributed by atoms with Crippen molar-refractivity contribution in [3.63, 3.8) is 0 Å². The van der Waals surface area contributed by atoms with Gasteiger partial charge >= 0.3 is 0 Å². The van der Waals surface area contributed by atoms with Gasteiger partial charge < -0.3 is 10.6 Å². The van der Waals surface area contributed by atoms with Gasteiger partial charge in [-0.05, 0) is 48.4 Å². The van der Waals surface area contributed by atoms with Gasteiger partial charge in [-0.15, -0.1) is 0 Å². The third-order valence-corrected chi connectivity index (χ3v) is 4.18. The standard InChI is InChI=1S/C17H20Cl2N2/c1-21(2)15-6-3-12(4-7-15)9-13(11-20)16-8-5-14(18)10-17(16)19/h3-8,10,13H,9,11,20H2,1-2H3. The van der Waals surface area contributed by atoms with Crippen molar-refractivity contribution < 1.29 is 0 Å². The summed E-state index contributed by atoms with van der Waals surface area (Å²) in [4.78, 5) is 2.08. The topological polar surface area (TPSA) is 29.3 Å². The van der Waals surface area contributed by atoms with Crippen LogP contribution < -0.4 is 10.6 Å². The summed E-state index contributed by atoms with van der Waals surface area (Å²) in [5.41, 5.74) is 9.43. The molecular weight excluding hydrogens is 303 g/mol. The molecule has 0 bridgehead atoms. The lowest BCUT2D eigenvalue weighted by atomic mass is 9.92. The van der Waals surface area contributed by atoms with Crippen LogP contribution in [0, 0.1) is 0 Å². The van der Waals surface area contributed by atoms with E-state index in [0.29, 0.717) is 16.6 Å². The summed E-state index contributed by atoms with van der Waals surface area (Å²) in [7, 11) is 4.07. The average molecular weight is 323 g/mol. The molecule has 0 radical (unpaired) electrons. The smallest absolute Gasteiger partial charge is 0.0456 e. The van der Waals surface area contributed by atoms with Gasteiger partial charge in [-0.1, -0.05) is 41.4 Å². The minimum absolute atomic E-state index is 0.194. The number of nitrogens with two attached hydrogens (primary N) is 1. The second-order valence-electron chi connectivity index (χ2n) is 5.36. The van der Waals surface area contributed by atoms with Crippen LogP contribution in [0.3, 0.4) is 0 Å². The van der Waals surface area contributed by atoms with Crippen molar-refractivity contribution in [1.82, 2.24) is 0 Å². The van der Waals surface area contributed by atoms with Gasteiger partial charge in [0.15, 0.2) is 0 Å². The van der Waals surface area contributed by atoms with E-state index in [-0.39, 0.29) is 5.92 Å². The maximum Gasteiger partial charge on any atom is 0.0456 e. The number of nitrogens with zero attached hydrogens (tertiary/aromatic N) is 1. The van der Waals surface area contributed by atoms with E-state index in [1.807, 2.05) is 26.2 Å². The third-order valence-electron chi connectivity index (χ3n) is 3.62. The predicted octanol–water partition coefficient (Wildman–Crippen LogP) is 4.34. The van der Waals surface area contributed by atoms with Crippen LogP contribution in [-0.4, -0.2) is 20.6 Å². The number of hydrogen-bond acceptors (Lipinski definition) is 2. The molecule has 0 aliphatic heterocycles. The predicted molar refractivity (Wildman–Crippen MR) is 92.7 cm³/mol. The van der Waals surface area contributed by atoms with Gasteiger partial charge in [0.1, 0.15) is 0 Å². The van der Waals surface area contributed by atoms with Crippen LogP contribution in [0.25, 0.3) is 0 Å². The maximum atomic E-state index is 6.29. The zero-order valence-corrected chi connectivity index (χ0v) is 13.8. The summed E-state index contributed by atoms with van der Waals surface area (Å²) in [6.45, 7) is 0.552. The molecule has 112 valence electrons. The molecule has 0 amide bonds. The van der Waals surface area contributed by atoms with Gasteiger partial charge in [-0.3, -0.25) is 0 Å². The highest BCUT2D eigenvalue weighted by atomic mass is 35.5. The zero-order chi connectivity index (χ0) is 15.4. The first kappa shape index (κ1) is 16.2. The van der Waals surface area contributed by atoms with E-state index in [1.54, 1.807) is 6.07 Å². The zero-order valence-electron chi connectivity index (χ0n) is 12.3. The van der Waals surface area contributed by atoms with Gasteiger partial charge in [0, 0.05) is 35.7 Å². The molecule has 1 atom stereocenters. The fraction of sp³-hybridized carbons (Fsp3) is 0.294. The van der Waals surface area contributed by atoms with E-state index in [2.05, 4.69) is 29.2 Å². The molecule has 2 nitrogen and oxygen atoms in total. The fourth-order valence-electron chi connectivity index (χ4n) is 2.37. The van der Waals surface area contributed by atoms with Crippen molar-refractivity contribution in [2.24, 2.45) is 5.73 Å². The average Bonchev–Trinajstić information content (AvgIpc) is 2.46. The van der Waals surface area contributed by atoms with E-state index in [9.17, 15) is 0 Å². The summed E-state index contributed by atoms with van der Waals surface area (Å²) in [6.07, 6.45) is 0.867. The molecule has 4 heteroatoms. The van der Waals surface area contributed by atoms with Crippen LogP contribution in [0.4, 0.5) is 5.69 Å². The number of benzene rings is 2. The molecular formula is C17H20Cl2N2. The molecule has 0 aliphatic rings. The minimum Gasteiger partial charge on any atom is -0.378 e. The Balaban J connectivity index is 2.18. The largest absolute Gasteiger partial charge is 0.378 e. The molecule has 0 aliphatic carbocycles. The lowest BCUT2D eigenvalue weighted by molar-refractivity contribution is 0.694. The van der Waals surface area contributed by atoms with E-state index in [0.717, 1.165) is 12.0 Å². The summed E-state index contributed by atoms with van der Waals surface area (Å²) >= 11 is 12.2. The van der Waals surface area contributed by atoms with Gasteiger partial charge in [-0.2, -0.15) is 0 Å². The molecule has 0 spiro atoms. The second kappa shape index (κ2) is 7.17. The van der Waals surface area contributed by atoms with Gasteiger partial charge in [0.2, 0.25) is 0 Å². The van der Waals surface area contributed by atoms with Crippen LogP contribution in [0.15, 0.2) is 42.5 Å². The van der Waals surface area contributed by atoms with Crippen molar-refractivity contribution in [3.8, 4) is 0 Å². The first-order valence-corrected chi connectivity index (χ1v) is 7.68. The molecule has 1 unspecified atom stereocenters. The highest BCUT2D eigenvalue weighted by molar-refractivity contribution is 6.35. The van der Waals surface area contributed by atoms with E-state index >= 15 is 0 Å². The van der Waals surface area contributed by atoms with E-state index in [4.69, 9.17) is 28.9 Å². The Kier molecular flexibility index (Phi) is 5.51. The quantitative estimate of drug-likeness (QED) is 0.887. The van der Waals surface area contributed by atoms with Crippen molar-refractivity contribution >= 4 is 28.9 Å². The van der Waals surface area contributed by atoms with E-state index in [1.165, 1.54) is 11.3 Å². The number of hydrogen-bond donors (Lipinski definition) is 1. The van der Waals surface area contributed by atoms with Crippen molar-refractivity contribution in [1.29, 1.82) is 0 Å². The van der Waals surface area contributed by atoms with Crippen molar-refractivity contribution in [2.75, 3.05) is 25.5 Å². The molecule has 2 N–H and O–H groups in total. The third kappa shape index (κ3) is 4.13. The number of anilines is 1. The van der Waals surface area contributed by atoms with Crippen LogP contribution in [-0.2, 0) is 6.42 Å². The highest BCUT2D eigenvalue weighted by Crippen LogP contribution is 2.29. The molecule has 0 heterocycles. The van der Waals surface area contributed by atoms with Crippen molar-refractivity contribution in [2.45, 2.75) is 12.3 Å². The molecule has 21 heavy (non-hydrogen) atoms. The molecule has 2 aromatic carbocycles. The monoisotopic (exact) mass is 322 g/mol. The number of rotatable bonds is 5. The SMILES string of the molecule is CN(C)c1ccc(CC(CN)c2ccc(Cl)cc2Cl)cc1. The summed E-state index contributed by atoms with van der Waals surface area (Å²) in [6, 6.07) is 14.1. The normalized spacial score (nSPS) is 12.2. The molecule has 0 fully saturated rings. The second-order valence-corrected chi connectivity index (χ2v) is 6.21. The lowest BCUT2D eigenvalue weighted by Gasteiger charge is -2.18. The first-order valence-electron chi connectivity index (χ1n) is 6.92. The molecule has 2 aromatic rings. The molecule has 0 aromatic heterocycles. The summed E-state index contributed by atoms with van der Waals surface area (Å²) in [5, 5.41) is 1.33.